The van der Waals surface area contributed by atoms with Crippen LogP contribution in [0.2, 0.25) is 0 Å². The number of esters is 1. The van der Waals surface area contributed by atoms with E-state index in [1.165, 1.54) is 11.7 Å². The maximum absolute atomic E-state index is 13.3. The van der Waals surface area contributed by atoms with Gasteiger partial charge in [-0.3, -0.25) is 14.3 Å². The number of hydrogen-bond donors (Lipinski definition) is 0. The quantitative estimate of drug-likeness (QED) is 0.512. The molecule has 0 N–H and O–H groups in total. The second-order valence-corrected chi connectivity index (χ2v) is 6.13. The first-order valence-corrected chi connectivity index (χ1v) is 8.61. The third kappa shape index (κ3) is 3.25. The van der Waals surface area contributed by atoms with Crippen molar-refractivity contribution in [3.05, 3.63) is 94.3 Å². The largest absolute Gasteiger partial charge is 0.465 e. The van der Waals surface area contributed by atoms with Crippen molar-refractivity contribution in [3.63, 3.8) is 0 Å². The molecule has 138 valence electrons. The van der Waals surface area contributed by atoms with Crippen molar-refractivity contribution in [1.82, 2.24) is 19.5 Å². The van der Waals surface area contributed by atoms with Gasteiger partial charge in [0.15, 0.2) is 5.65 Å². The molecule has 0 radical (unpaired) electrons. The van der Waals surface area contributed by atoms with Gasteiger partial charge in [0.25, 0.3) is 5.56 Å². The van der Waals surface area contributed by atoms with Crippen molar-refractivity contribution in [2.24, 2.45) is 0 Å². The van der Waals surface area contributed by atoms with Crippen molar-refractivity contribution >= 4 is 17.1 Å². The molecule has 28 heavy (non-hydrogen) atoms. The van der Waals surface area contributed by atoms with E-state index in [0.29, 0.717) is 34.5 Å². The average Bonchev–Trinajstić information content (AvgIpc) is 2.74. The molecule has 0 aliphatic heterocycles. The van der Waals surface area contributed by atoms with E-state index in [1.54, 1.807) is 55.0 Å². The van der Waals surface area contributed by atoms with Gasteiger partial charge in [0.05, 0.1) is 18.4 Å². The van der Waals surface area contributed by atoms with E-state index in [1.807, 2.05) is 12.1 Å². The summed E-state index contributed by atoms with van der Waals surface area (Å²) in [4.78, 5) is 38.1. The van der Waals surface area contributed by atoms with Gasteiger partial charge in [-0.25, -0.2) is 14.8 Å². The second kappa shape index (κ2) is 7.40. The van der Waals surface area contributed by atoms with Crippen molar-refractivity contribution in [3.8, 4) is 5.69 Å². The molecule has 4 aromatic rings. The number of nitrogens with zero attached hydrogens (tertiary/aromatic N) is 4. The molecule has 0 amide bonds. The lowest BCUT2D eigenvalue weighted by atomic mass is 10.1. The Kier molecular flexibility index (Phi) is 4.63. The summed E-state index contributed by atoms with van der Waals surface area (Å²) in [6.07, 6.45) is 5.33. The summed E-state index contributed by atoms with van der Waals surface area (Å²) in [5.74, 6) is -0.475. The molecule has 0 fully saturated rings. The Hall–Kier alpha value is -3.87. The van der Waals surface area contributed by atoms with Gasteiger partial charge in [-0.15, -0.1) is 0 Å². The molecular weight excluding hydrogens is 356 g/mol. The molecule has 0 spiro atoms. The van der Waals surface area contributed by atoms with Gasteiger partial charge in [0.1, 0.15) is 11.2 Å². The zero-order valence-electron chi connectivity index (χ0n) is 15.1. The molecule has 0 bridgehead atoms. The van der Waals surface area contributed by atoms with E-state index in [-0.39, 0.29) is 5.56 Å². The number of fused-ring (bicyclic) bond motifs is 1. The van der Waals surface area contributed by atoms with Crippen molar-refractivity contribution < 1.29 is 9.53 Å². The van der Waals surface area contributed by atoms with Crippen LogP contribution in [-0.4, -0.2) is 32.6 Å². The van der Waals surface area contributed by atoms with Crippen LogP contribution in [0, 0.1) is 0 Å². The smallest absolute Gasteiger partial charge is 0.337 e. The minimum Gasteiger partial charge on any atom is -0.465 e. The lowest BCUT2D eigenvalue weighted by Gasteiger charge is -2.12. The topological polar surface area (TPSA) is 87.0 Å². The predicted molar refractivity (Wildman–Crippen MR) is 104 cm³/mol. The summed E-state index contributed by atoms with van der Waals surface area (Å²) in [6, 6.07) is 14.0. The Morgan fingerprint density at radius 1 is 1.11 bits per heavy atom. The van der Waals surface area contributed by atoms with Crippen LogP contribution in [0.4, 0.5) is 0 Å². The fourth-order valence-corrected chi connectivity index (χ4v) is 3.01. The molecular formula is C21H16N4O3. The van der Waals surface area contributed by atoms with E-state index in [4.69, 9.17) is 4.74 Å². The summed E-state index contributed by atoms with van der Waals surface area (Å²) in [6.45, 7) is 0. The SMILES string of the molecule is COC(=O)c1cccc(-n2c(=O)c(Cc3cccnc3)nc3cccnc32)c1. The molecule has 0 unspecified atom stereocenters. The van der Waals surface area contributed by atoms with Gasteiger partial charge in [-0.05, 0) is 42.0 Å². The number of ether oxygens (including phenoxy) is 1. The molecule has 3 aromatic heterocycles. The predicted octanol–water partition coefficient (Wildman–Crippen LogP) is 2.55. The maximum atomic E-state index is 13.3. The number of carbonyl (C=O) groups excluding carboxylic acids is 1. The molecule has 3 heterocycles. The van der Waals surface area contributed by atoms with Crippen molar-refractivity contribution in [2.75, 3.05) is 7.11 Å². The minimum atomic E-state index is -0.475. The Labute approximate surface area is 160 Å². The number of pyridine rings is 2. The molecule has 7 nitrogen and oxygen atoms in total. The van der Waals surface area contributed by atoms with E-state index in [0.717, 1.165) is 5.56 Å². The number of aromatic nitrogens is 4. The monoisotopic (exact) mass is 372 g/mol. The van der Waals surface area contributed by atoms with E-state index in [2.05, 4.69) is 15.0 Å². The molecule has 0 aliphatic carbocycles. The Morgan fingerprint density at radius 2 is 1.96 bits per heavy atom. The highest BCUT2D eigenvalue weighted by Crippen LogP contribution is 2.16. The van der Waals surface area contributed by atoms with Gasteiger partial charge in [-0.1, -0.05) is 12.1 Å². The molecule has 7 heteroatoms. The molecule has 0 saturated heterocycles. The third-order valence-corrected chi connectivity index (χ3v) is 4.30. The first-order chi connectivity index (χ1) is 13.7. The summed E-state index contributed by atoms with van der Waals surface area (Å²) >= 11 is 0. The summed E-state index contributed by atoms with van der Waals surface area (Å²) in [7, 11) is 1.32. The fraction of sp³-hybridized carbons (Fsp3) is 0.0952. The standard InChI is InChI=1S/C21H16N4O3/c1-28-21(27)15-6-2-7-16(12-15)25-19-17(8-4-10-23-19)24-18(20(25)26)11-14-5-3-9-22-13-14/h2-10,12-13H,11H2,1H3. The van der Waals surface area contributed by atoms with Crippen LogP contribution >= 0.6 is 0 Å². The summed E-state index contributed by atoms with van der Waals surface area (Å²) in [5.41, 5.74) is 2.83. The normalized spacial score (nSPS) is 10.8. The number of rotatable bonds is 4. The minimum absolute atomic E-state index is 0.294. The van der Waals surface area contributed by atoms with Gasteiger partial charge in [0, 0.05) is 25.0 Å². The van der Waals surface area contributed by atoms with Crippen LogP contribution in [0.3, 0.4) is 0 Å². The third-order valence-electron chi connectivity index (χ3n) is 4.30. The average molecular weight is 372 g/mol. The fourth-order valence-electron chi connectivity index (χ4n) is 3.01. The van der Waals surface area contributed by atoms with Gasteiger partial charge in [0.2, 0.25) is 0 Å². The van der Waals surface area contributed by atoms with Gasteiger partial charge in [-0.2, -0.15) is 0 Å². The zero-order valence-corrected chi connectivity index (χ0v) is 15.1. The van der Waals surface area contributed by atoms with Gasteiger partial charge >= 0.3 is 5.97 Å². The lowest BCUT2D eigenvalue weighted by Crippen LogP contribution is -2.25. The highest BCUT2D eigenvalue weighted by molar-refractivity contribution is 5.90. The van der Waals surface area contributed by atoms with Crippen LogP contribution in [0.1, 0.15) is 21.6 Å². The summed E-state index contributed by atoms with van der Waals surface area (Å²) in [5, 5.41) is 0. The number of hydrogen-bond acceptors (Lipinski definition) is 6. The van der Waals surface area contributed by atoms with Crippen LogP contribution in [0.25, 0.3) is 16.9 Å². The van der Waals surface area contributed by atoms with E-state index < -0.39 is 5.97 Å². The van der Waals surface area contributed by atoms with Gasteiger partial charge < -0.3 is 4.74 Å². The first kappa shape index (κ1) is 17.5. The summed E-state index contributed by atoms with van der Waals surface area (Å²) < 4.78 is 6.26. The molecule has 0 aliphatic rings. The number of carbonyl (C=O) groups is 1. The molecule has 0 atom stereocenters. The molecule has 1 aromatic carbocycles. The van der Waals surface area contributed by atoms with E-state index in [9.17, 15) is 9.59 Å². The number of benzene rings is 1. The van der Waals surface area contributed by atoms with Crippen LogP contribution in [-0.2, 0) is 11.2 Å². The maximum Gasteiger partial charge on any atom is 0.337 e. The highest BCUT2D eigenvalue weighted by atomic mass is 16.5. The number of methoxy groups -OCH3 is 1. The van der Waals surface area contributed by atoms with E-state index >= 15 is 0 Å². The van der Waals surface area contributed by atoms with Crippen LogP contribution in [0.5, 0.6) is 0 Å². The highest BCUT2D eigenvalue weighted by Gasteiger charge is 2.15. The van der Waals surface area contributed by atoms with Crippen LogP contribution in [0.15, 0.2) is 71.9 Å². The Balaban J connectivity index is 1.93. The zero-order chi connectivity index (χ0) is 19.5. The molecule has 0 saturated carbocycles. The lowest BCUT2D eigenvalue weighted by molar-refractivity contribution is 0.0600. The Morgan fingerprint density at radius 3 is 2.75 bits per heavy atom. The second-order valence-electron chi connectivity index (χ2n) is 6.13. The molecule has 4 rings (SSSR count). The van der Waals surface area contributed by atoms with Crippen molar-refractivity contribution in [1.29, 1.82) is 0 Å². The van der Waals surface area contributed by atoms with Crippen molar-refractivity contribution in [2.45, 2.75) is 6.42 Å². The first-order valence-electron chi connectivity index (χ1n) is 8.61. The Bertz CT molecular complexity index is 1220. The van der Waals surface area contributed by atoms with Crippen LogP contribution < -0.4 is 5.56 Å².